The van der Waals surface area contributed by atoms with Gasteiger partial charge in [-0.05, 0) is 37.8 Å². The van der Waals surface area contributed by atoms with Crippen molar-refractivity contribution in [2.45, 2.75) is 0 Å². The van der Waals surface area contributed by atoms with E-state index in [9.17, 15) is 0 Å². The van der Waals surface area contributed by atoms with Crippen LogP contribution in [0.2, 0.25) is 0 Å². The minimum absolute atomic E-state index is 0. The quantitative estimate of drug-likeness (QED) is 0.118. The molecule has 3 aromatic carbocycles. The summed E-state index contributed by atoms with van der Waals surface area (Å²) < 4.78 is 7.57. The van der Waals surface area contributed by atoms with Crippen LogP contribution >= 0.6 is 0 Å². The van der Waals surface area contributed by atoms with Gasteiger partial charge in [-0.3, -0.25) is 12.1 Å². The second-order valence-corrected chi connectivity index (χ2v) is 8.14. The fourth-order valence-corrected chi connectivity index (χ4v) is 3.59. The summed E-state index contributed by atoms with van der Waals surface area (Å²) in [6.07, 6.45) is 15.8. The molecular weight excluding hydrogens is 727 g/mol. The van der Waals surface area contributed by atoms with Gasteiger partial charge in [0.1, 0.15) is 0 Å². The van der Waals surface area contributed by atoms with Crippen LogP contribution in [0, 0.1) is 49.5 Å². The molecule has 0 atom stereocenters. The average Bonchev–Trinajstić information content (AvgIpc) is 3.66. The Bertz CT molecular complexity index is 1570. The third-order valence-electron chi connectivity index (χ3n) is 5.40. The maximum atomic E-state index is 6.57. The number of aromatic nitrogens is 2. The minimum Gasteiger partial charge on any atom is -0.669 e. The van der Waals surface area contributed by atoms with Crippen LogP contribution < -0.4 is 9.64 Å². The predicted molar refractivity (Wildman–Crippen MR) is 146 cm³/mol. The standard InChI is InChI=1S/C27H17N3O.C6H4N.Cu.Pt/c1-29-15-16-30(20-29)24-10-6-12-26(19-24)31-25-11-5-9-23(17-25)27-18-22(13-14-28-27)21-7-3-2-4-8-21;1-2-7-5-3-4-6-7;;/h2-7,10-16,20H,1H3;3-6H;;/q-6;-1;;. The summed E-state index contributed by atoms with van der Waals surface area (Å²) in [6.45, 7) is 1.97. The molecule has 1 radical (unpaired) electrons. The Labute approximate surface area is 260 Å². The number of ether oxygens (including phenoxy) is 1. The zero-order valence-corrected chi connectivity index (χ0v) is 24.4. The Balaban J connectivity index is 0.000000431. The van der Waals surface area contributed by atoms with Crippen molar-refractivity contribution in [3.63, 3.8) is 0 Å². The van der Waals surface area contributed by atoms with E-state index < -0.39 is 0 Å². The first kappa shape index (κ1) is 30.5. The first-order valence-corrected chi connectivity index (χ1v) is 11.8. The Morgan fingerprint density at radius 1 is 0.850 bits per heavy atom. The molecule has 0 spiro atoms. The van der Waals surface area contributed by atoms with Crippen molar-refractivity contribution in [3.05, 3.63) is 147 Å². The van der Waals surface area contributed by atoms with Crippen molar-refractivity contribution in [1.29, 1.82) is 0 Å². The van der Waals surface area contributed by atoms with Gasteiger partial charge in [-0.1, -0.05) is 5.75 Å². The summed E-state index contributed by atoms with van der Waals surface area (Å²) in [5.41, 5.74) is 4.10. The van der Waals surface area contributed by atoms with Crippen molar-refractivity contribution < 1.29 is 42.9 Å². The van der Waals surface area contributed by atoms with Gasteiger partial charge in [0.05, 0.1) is 0 Å². The molecule has 207 valence electrons. The molecule has 3 heterocycles. The van der Waals surface area contributed by atoms with Crippen LogP contribution in [0.15, 0.2) is 104 Å². The largest absolute Gasteiger partial charge is 0.669 e. The Hall–Kier alpha value is -4.00. The maximum Gasteiger partial charge on any atom is 0.0143 e. The first-order chi connectivity index (χ1) is 18.7. The molecular formula is C33H21CuN4OPt-7. The van der Waals surface area contributed by atoms with E-state index in [1.165, 1.54) is 0 Å². The number of anilines is 1. The zero-order valence-electron chi connectivity index (χ0n) is 21.2. The van der Waals surface area contributed by atoms with Gasteiger partial charge in [0.2, 0.25) is 0 Å². The molecule has 0 fully saturated rings. The summed E-state index contributed by atoms with van der Waals surface area (Å²) in [4.78, 5) is 8.39. The SMILES string of the molecule is CN1C=CN(c2[c-]c(Oc3[c-]c(-c4[c-]c(-c5[c-]cccc5)ccn4)[c-]cc3)ccc2)[CH-]1.[C-]#Cn1cccc1.[Cu].[Pt]. The number of benzene rings is 3. The van der Waals surface area contributed by atoms with Gasteiger partial charge in [0.25, 0.3) is 0 Å². The maximum absolute atomic E-state index is 6.57. The predicted octanol–water partition coefficient (Wildman–Crippen LogP) is 6.43. The fraction of sp³-hybridized carbons (Fsp3) is 0.0303. The number of hydrogen-bond acceptors (Lipinski definition) is 4. The normalized spacial score (nSPS) is 11.4. The smallest absolute Gasteiger partial charge is 0.0143 e. The molecule has 6 rings (SSSR count). The molecule has 0 aliphatic carbocycles. The molecule has 0 amide bonds. The van der Waals surface area contributed by atoms with Crippen molar-refractivity contribution >= 4 is 5.69 Å². The molecule has 5 aromatic rings. The van der Waals surface area contributed by atoms with Crippen molar-refractivity contribution in [2.75, 3.05) is 11.9 Å². The Kier molecular flexibility index (Phi) is 11.4. The van der Waals surface area contributed by atoms with Crippen LogP contribution in [0.5, 0.6) is 11.5 Å². The Morgan fingerprint density at radius 3 is 2.38 bits per heavy atom. The van der Waals surface area contributed by atoms with Crippen molar-refractivity contribution in [2.24, 2.45) is 0 Å². The summed E-state index contributed by atoms with van der Waals surface area (Å²) >= 11 is 0. The second-order valence-electron chi connectivity index (χ2n) is 8.14. The molecule has 1 aliphatic rings. The summed E-state index contributed by atoms with van der Waals surface area (Å²) in [5.74, 6) is 1.17. The number of pyridine rings is 1. The van der Waals surface area contributed by atoms with Gasteiger partial charge in [-0.25, -0.2) is 23.2 Å². The first-order valence-electron chi connectivity index (χ1n) is 11.8. The van der Waals surface area contributed by atoms with E-state index in [2.05, 4.69) is 41.4 Å². The van der Waals surface area contributed by atoms with Gasteiger partial charge in [0, 0.05) is 56.3 Å². The van der Waals surface area contributed by atoms with E-state index in [0.717, 1.165) is 16.8 Å². The number of rotatable bonds is 5. The number of nitrogens with zero attached hydrogens (tertiary/aromatic N) is 4. The second kappa shape index (κ2) is 15.0. The van der Waals surface area contributed by atoms with Gasteiger partial charge in [-0.15, -0.1) is 30.0 Å². The van der Waals surface area contributed by atoms with Gasteiger partial charge >= 0.3 is 0 Å². The van der Waals surface area contributed by atoms with Crippen LogP contribution in [-0.2, 0) is 38.1 Å². The average molecular weight is 748 g/mol. The molecule has 5 nitrogen and oxygen atoms in total. The van der Waals surface area contributed by atoms with Gasteiger partial charge in [-0.2, -0.15) is 54.8 Å². The fourth-order valence-electron chi connectivity index (χ4n) is 3.59. The van der Waals surface area contributed by atoms with E-state index in [0.29, 0.717) is 22.8 Å². The van der Waals surface area contributed by atoms with E-state index in [-0.39, 0.29) is 38.1 Å². The van der Waals surface area contributed by atoms with Crippen LogP contribution in [0.1, 0.15) is 0 Å². The van der Waals surface area contributed by atoms with Crippen LogP contribution in [-0.4, -0.2) is 21.5 Å². The zero-order chi connectivity index (χ0) is 26.2. The van der Waals surface area contributed by atoms with E-state index in [1.807, 2.05) is 103 Å². The molecule has 7 heteroatoms. The molecule has 0 N–H and O–H groups in total. The molecule has 0 bridgehead atoms. The monoisotopic (exact) mass is 747 g/mol. The topological polar surface area (TPSA) is 33.5 Å². The number of hydrogen-bond donors (Lipinski definition) is 0. The Morgan fingerprint density at radius 2 is 1.68 bits per heavy atom. The van der Waals surface area contributed by atoms with Crippen molar-refractivity contribution in [3.8, 4) is 39.9 Å². The van der Waals surface area contributed by atoms with E-state index >= 15 is 0 Å². The van der Waals surface area contributed by atoms with Crippen LogP contribution in [0.4, 0.5) is 5.69 Å². The molecule has 0 unspecified atom stereocenters. The molecule has 0 saturated heterocycles. The van der Waals surface area contributed by atoms with Crippen LogP contribution in [0.25, 0.3) is 22.4 Å². The van der Waals surface area contributed by atoms with Gasteiger partial charge in [0.15, 0.2) is 0 Å². The van der Waals surface area contributed by atoms with Crippen LogP contribution in [0.3, 0.4) is 0 Å². The third kappa shape index (κ3) is 8.01. The third-order valence-corrected chi connectivity index (χ3v) is 5.40. The van der Waals surface area contributed by atoms with Crippen molar-refractivity contribution in [1.82, 2.24) is 14.5 Å². The summed E-state index contributed by atoms with van der Waals surface area (Å²) in [7, 11) is 1.98. The molecule has 0 saturated carbocycles. The van der Waals surface area contributed by atoms with E-state index in [1.54, 1.807) is 29.2 Å². The molecule has 2 aromatic heterocycles. The summed E-state index contributed by atoms with van der Waals surface area (Å²) in [6, 6.07) is 41.2. The van der Waals surface area contributed by atoms with Gasteiger partial charge < -0.3 is 42.1 Å². The van der Waals surface area contributed by atoms with E-state index in [4.69, 9.17) is 11.2 Å². The summed E-state index contributed by atoms with van der Waals surface area (Å²) in [5, 5.41) is 0. The molecule has 1 aliphatic heterocycles. The minimum atomic E-state index is 0. The molecule has 40 heavy (non-hydrogen) atoms.